The first-order valence-corrected chi connectivity index (χ1v) is 5.67. The highest BCUT2D eigenvalue weighted by Gasteiger charge is 2.07. The number of aromatic nitrogens is 3. The lowest BCUT2D eigenvalue weighted by molar-refractivity contribution is 0.956. The fraction of sp³-hybridized carbons (Fsp3) is 0.250. The predicted molar refractivity (Wildman–Crippen MR) is 59.2 cm³/mol. The molecule has 0 bridgehead atoms. The first-order valence-electron chi connectivity index (χ1n) is 3.84. The topological polar surface area (TPSA) is 41.6 Å². The number of alkyl halides is 2. The quantitative estimate of drug-likeness (QED) is 0.867. The average Bonchev–Trinajstić information content (AvgIpc) is 2.51. The molecular weight excluding hydrogens is 298 g/mol. The molecule has 0 saturated carbocycles. The third kappa shape index (κ3) is 1.91. The van der Waals surface area contributed by atoms with Crippen molar-refractivity contribution in [3.05, 3.63) is 23.8 Å². The molecule has 0 fully saturated rings. The Morgan fingerprint density at radius 2 is 2.15 bits per heavy atom. The molecule has 1 aromatic carbocycles. The van der Waals surface area contributed by atoms with Gasteiger partial charge in [0.25, 0.3) is 0 Å². The normalized spacial score (nSPS) is 11.3. The van der Waals surface area contributed by atoms with Crippen molar-refractivity contribution in [1.82, 2.24) is 15.4 Å². The molecule has 1 aromatic heterocycles. The summed E-state index contributed by atoms with van der Waals surface area (Å²) < 4.78 is 0.280. The van der Waals surface area contributed by atoms with Crippen molar-refractivity contribution in [1.29, 1.82) is 0 Å². The van der Waals surface area contributed by atoms with E-state index in [9.17, 15) is 0 Å². The first kappa shape index (κ1) is 9.15. The van der Waals surface area contributed by atoms with Gasteiger partial charge in [-0.3, -0.25) is 0 Å². The van der Waals surface area contributed by atoms with E-state index in [0.29, 0.717) is 0 Å². The van der Waals surface area contributed by atoms with Crippen molar-refractivity contribution in [2.45, 2.75) is 10.2 Å². The average molecular weight is 305 g/mol. The van der Waals surface area contributed by atoms with Gasteiger partial charge in [0.05, 0.1) is 3.74 Å². The molecule has 0 unspecified atom stereocenters. The largest absolute Gasteiger partial charge is 0.197 e. The van der Waals surface area contributed by atoms with Gasteiger partial charge in [0.1, 0.15) is 11.0 Å². The van der Waals surface area contributed by atoms with E-state index in [1.807, 2.05) is 12.1 Å². The van der Waals surface area contributed by atoms with Gasteiger partial charge in [-0.1, -0.05) is 44.0 Å². The van der Waals surface area contributed by atoms with E-state index in [2.05, 4.69) is 53.3 Å². The van der Waals surface area contributed by atoms with Gasteiger partial charge in [0.15, 0.2) is 0 Å². The van der Waals surface area contributed by atoms with E-state index in [4.69, 9.17) is 0 Å². The molecule has 13 heavy (non-hydrogen) atoms. The summed E-state index contributed by atoms with van der Waals surface area (Å²) in [5.41, 5.74) is 3.05. The second-order valence-corrected chi connectivity index (χ2v) is 6.14. The molecule has 68 valence electrons. The molecule has 2 rings (SSSR count). The summed E-state index contributed by atoms with van der Waals surface area (Å²) >= 11 is 6.89. The number of hydrogen-bond acceptors (Lipinski definition) is 2. The molecule has 5 heteroatoms. The molecule has 0 aliphatic carbocycles. The van der Waals surface area contributed by atoms with Gasteiger partial charge in [-0.25, -0.2) is 0 Å². The molecule has 3 nitrogen and oxygen atoms in total. The third-order valence-corrected chi connectivity index (χ3v) is 2.45. The van der Waals surface area contributed by atoms with E-state index in [1.165, 1.54) is 5.56 Å². The number of aromatic amines is 1. The van der Waals surface area contributed by atoms with Gasteiger partial charge in [0, 0.05) is 0 Å². The van der Waals surface area contributed by atoms with Crippen LogP contribution in [0.3, 0.4) is 0 Å². The fourth-order valence-electron chi connectivity index (χ4n) is 1.26. The number of fused-ring (bicyclic) bond motifs is 1. The van der Waals surface area contributed by atoms with Crippen LogP contribution in [-0.4, -0.2) is 19.1 Å². The lowest BCUT2D eigenvalue weighted by atomic mass is 10.1. The van der Waals surface area contributed by atoms with E-state index < -0.39 is 0 Å². The maximum atomic E-state index is 4.09. The van der Waals surface area contributed by atoms with E-state index >= 15 is 0 Å². The zero-order chi connectivity index (χ0) is 9.26. The highest BCUT2D eigenvalue weighted by Crippen LogP contribution is 2.20. The highest BCUT2D eigenvalue weighted by molar-refractivity contribution is 9.24. The van der Waals surface area contributed by atoms with Crippen molar-refractivity contribution in [2.24, 2.45) is 0 Å². The number of para-hydroxylation sites is 1. The Morgan fingerprint density at radius 1 is 1.31 bits per heavy atom. The van der Waals surface area contributed by atoms with Crippen LogP contribution in [0.5, 0.6) is 0 Å². The fourth-order valence-corrected chi connectivity index (χ4v) is 1.95. The molecule has 0 saturated heterocycles. The molecule has 0 aliphatic rings. The summed E-state index contributed by atoms with van der Waals surface area (Å²) in [5, 5.41) is 10.7. The number of nitrogens with zero attached hydrogens (tertiary/aromatic N) is 2. The molecule has 2 aromatic rings. The van der Waals surface area contributed by atoms with Crippen molar-refractivity contribution >= 4 is 42.9 Å². The van der Waals surface area contributed by atoms with Gasteiger partial charge < -0.3 is 0 Å². The van der Waals surface area contributed by atoms with Crippen molar-refractivity contribution in [3.63, 3.8) is 0 Å². The summed E-state index contributed by atoms with van der Waals surface area (Å²) in [6, 6.07) is 5.99. The molecule has 0 amide bonds. The number of nitrogens with one attached hydrogen (secondary N) is 1. The lowest BCUT2D eigenvalue weighted by Crippen LogP contribution is -1.93. The van der Waals surface area contributed by atoms with Crippen LogP contribution in [0.15, 0.2) is 18.2 Å². The maximum Gasteiger partial charge on any atom is 0.116 e. The minimum Gasteiger partial charge on any atom is -0.197 e. The number of benzene rings is 1. The second-order valence-electron chi connectivity index (χ2n) is 2.70. The molecule has 1 N–H and O–H groups in total. The summed E-state index contributed by atoms with van der Waals surface area (Å²) in [4.78, 5) is 0. The van der Waals surface area contributed by atoms with Crippen LogP contribution < -0.4 is 0 Å². The van der Waals surface area contributed by atoms with E-state index in [0.717, 1.165) is 17.5 Å². The van der Waals surface area contributed by atoms with Crippen molar-refractivity contribution in [2.75, 3.05) is 0 Å². The second kappa shape index (κ2) is 3.75. The SMILES string of the molecule is BrC(Br)Cc1cccc2n[nH]nc12. The van der Waals surface area contributed by atoms with Gasteiger partial charge in [-0.05, 0) is 18.1 Å². The summed E-state index contributed by atoms with van der Waals surface area (Å²) in [6.07, 6.45) is 0.893. The van der Waals surface area contributed by atoms with E-state index in [1.54, 1.807) is 0 Å². The van der Waals surface area contributed by atoms with Gasteiger partial charge in [-0.2, -0.15) is 15.4 Å². The smallest absolute Gasteiger partial charge is 0.116 e. The van der Waals surface area contributed by atoms with Crippen LogP contribution >= 0.6 is 31.9 Å². The van der Waals surface area contributed by atoms with Gasteiger partial charge >= 0.3 is 0 Å². The Bertz CT molecular complexity index is 410. The van der Waals surface area contributed by atoms with Crippen LogP contribution in [0, 0.1) is 0 Å². The van der Waals surface area contributed by atoms with Crippen molar-refractivity contribution in [3.8, 4) is 0 Å². The number of rotatable bonds is 2. The summed E-state index contributed by atoms with van der Waals surface area (Å²) in [7, 11) is 0. The van der Waals surface area contributed by atoms with Gasteiger partial charge in [0.2, 0.25) is 0 Å². The van der Waals surface area contributed by atoms with Crippen LogP contribution in [0.25, 0.3) is 11.0 Å². The van der Waals surface area contributed by atoms with Crippen LogP contribution in [0.2, 0.25) is 0 Å². The van der Waals surface area contributed by atoms with Gasteiger partial charge in [-0.15, -0.1) is 0 Å². The Kier molecular flexibility index (Phi) is 2.64. The van der Waals surface area contributed by atoms with E-state index in [-0.39, 0.29) is 3.74 Å². The Labute approximate surface area is 92.2 Å². The molecule has 0 radical (unpaired) electrons. The Balaban J connectivity index is 2.48. The Hall–Kier alpha value is -0.420. The monoisotopic (exact) mass is 303 g/mol. The summed E-state index contributed by atoms with van der Waals surface area (Å²) in [6.45, 7) is 0. The molecular formula is C8H7Br2N3. The molecule has 0 aliphatic heterocycles. The predicted octanol–water partition coefficient (Wildman–Crippen LogP) is 2.62. The number of H-pyrrole nitrogens is 1. The van der Waals surface area contributed by atoms with Crippen molar-refractivity contribution < 1.29 is 0 Å². The first-order chi connectivity index (χ1) is 6.27. The molecule has 0 atom stereocenters. The van der Waals surface area contributed by atoms with Crippen LogP contribution in [-0.2, 0) is 6.42 Å². The number of halogens is 2. The standard InChI is InChI=1S/C8H7Br2N3/c9-7(10)4-5-2-1-3-6-8(5)12-13-11-6/h1-3,7H,4H2,(H,11,12,13). The minimum atomic E-state index is 0.280. The number of hydrogen-bond donors (Lipinski definition) is 1. The highest BCUT2D eigenvalue weighted by atomic mass is 79.9. The molecule has 0 spiro atoms. The van der Waals surface area contributed by atoms with Crippen LogP contribution in [0.1, 0.15) is 5.56 Å². The minimum absolute atomic E-state index is 0.280. The van der Waals surface area contributed by atoms with Crippen LogP contribution in [0.4, 0.5) is 0 Å². The Morgan fingerprint density at radius 3 is 2.92 bits per heavy atom. The third-order valence-electron chi connectivity index (χ3n) is 1.80. The summed E-state index contributed by atoms with van der Waals surface area (Å²) in [5.74, 6) is 0. The molecule has 1 heterocycles. The lowest BCUT2D eigenvalue weighted by Gasteiger charge is -2.01. The zero-order valence-electron chi connectivity index (χ0n) is 6.67. The maximum absolute atomic E-state index is 4.09. The zero-order valence-corrected chi connectivity index (χ0v) is 9.84.